The Morgan fingerprint density at radius 3 is 2.77 bits per heavy atom. The Kier molecular flexibility index (Phi) is 4.38. The number of nitrogens with zero attached hydrogens (tertiary/aromatic N) is 4. The second-order valence-corrected chi connectivity index (χ2v) is 6.43. The van der Waals surface area contributed by atoms with E-state index in [1.54, 1.807) is 20.5 Å². The molecular formula is C19H22N4O3. The molecule has 0 saturated carbocycles. The molecule has 7 heteroatoms. The molecule has 0 saturated heterocycles. The summed E-state index contributed by atoms with van der Waals surface area (Å²) in [5.41, 5.74) is 3.95. The summed E-state index contributed by atoms with van der Waals surface area (Å²) in [4.78, 5) is 6.75. The minimum absolute atomic E-state index is 0.577. The number of aromatic nitrogens is 3. The average Bonchev–Trinajstić information content (AvgIpc) is 3.27. The van der Waals surface area contributed by atoms with Crippen molar-refractivity contribution in [1.82, 2.24) is 19.7 Å². The highest BCUT2D eigenvalue weighted by atomic mass is 16.5. The van der Waals surface area contributed by atoms with Crippen LogP contribution < -0.4 is 9.47 Å². The van der Waals surface area contributed by atoms with E-state index in [2.05, 4.69) is 27.1 Å². The van der Waals surface area contributed by atoms with Crippen LogP contribution in [0, 0.1) is 6.92 Å². The summed E-state index contributed by atoms with van der Waals surface area (Å²) in [5.74, 6) is 2.22. The van der Waals surface area contributed by atoms with Crippen LogP contribution in [0.4, 0.5) is 0 Å². The molecule has 0 radical (unpaired) electrons. The van der Waals surface area contributed by atoms with Crippen LogP contribution in [0.2, 0.25) is 0 Å². The molecule has 0 atom stereocenters. The maximum Gasteiger partial charge on any atom is 0.247 e. The van der Waals surface area contributed by atoms with Crippen molar-refractivity contribution >= 4 is 0 Å². The van der Waals surface area contributed by atoms with Crippen molar-refractivity contribution in [3.05, 3.63) is 47.5 Å². The summed E-state index contributed by atoms with van der Waals surface area (Å²) in [7, 11) is 3.35. The van der Waals surface area contributed by atoms with Crippen molar-refractivity contribution in [3.63, 3.8) is 0 Å². The summed E-state index contributed by atoms with van der Waals surface area (Å²) in [6.07, 6.45) is 1.65. The van der Waals surface area contributed by atoms with Gasteiger partial charge in [0.15, 0.2) is 0 Å². The summed E-state index contributed by atoms with van der Waals surface area (Å²) in [6.45, 7) is 5.31. The third-order valence-corrected chi connectivity index (χ3v) is 4.60. The Bertz CT molecular complexity index is 915. The summed E-state index contributed by atoms with van der Waals surface area (Å²) in [6, 6.07) is 8.01. The zero-order valence-electron chi connectivity index (χ0n) is 15.2. The van der Waals surface area contributed by atoms with Gasteiger partial charge in [0.1, 0.15) is 23.5 Å². The summed E-state index contributed by atoms with van der Waals surface area (Å²) >= 11 is 0. The van der Waals surface area contributed by atoms with Gasteiger partial charge in [0.05, 0.1) is 32.2 Å². The number of aryl methyl sites for hydroxylation is 1. The van der Waals surface area contributed by atoms with E-state index >= 15 is 0 Å². The largest absolute Gasteiger partial charge is 0.497 e. The Balaban J connectivity index is 1.51. The van der Waals surface area contributed by atoms with Crippen LogP contribution in [-0.4, -0.2) is 40.4 Å². The van der Waals surface area contributed by atoms with Gasteiger partial charge >= 0.3 is 0 Å². The molecule has 4 rings (SSSR count). The van der Waals surface area contributed by atoms with Gasteiger partial charge in [-0.1, -0.05) is 6.07 Å². The van der Waals surface area contributed by atoms with Gasteiger partial charge in [-0.15, -0.1) is 0 Å². The van der Waals surface area contributed by atoms with E-state index in [1.165, 1.54) is 0 Å². The zero-order chi connectivity index (χ0) is 18.1. The van der Waals surface area contributed by atoms with Gasteiger partial charge in [0, 0.05) is 31.3 Å². The number of hydrogen-bond donors (Lipinski definition) is 0. The van der Waals surface area contributed by atoms with E-state index < -0.39 is 0 Å². The molecule has 0 amide bonds. The van der Waals surface area contributed by atoms with Gasteiger partial charge in [-0.05, 0) is 19.1 Å². The maximum absolute atomic E-state index is 5.52. The Morgan fingerprint density at radius 2 is 2.04 bits per heavy atom. The SMILES string of the molecule is COc1ccc(CN2CCn3nc(-c4nc(C)co4)cc3C2)c(OC)c1. The van der Waals surface area contributed by atoms with Crippen LogP contribution in [0.5, 0.6) is 11.5 Å². The van der Waals surface area contributed by atoms with Gasteiger partial charge in [0.2, 0.25) is 5.89 Å². The molecule has 2 aromatic heterocycles. The number of methoxy groups -OCH3 is 2. The first-order chi connectivity index (χ1) is 12.7. The average molecular weight is 354 g/mol. The molecule has 0 fully saturated rings. The lowest BCUT2D eigenvalue weighted by Crippen LogP contribution is -2.33. The van der Waals surface area contributed by atoms with E-state index in [9.17, 15) is 0 Å². The minimum Gasteiger partial charge on any atom is -0.497 e. The first-order valence-corrected chi connectivity index (χ1v) is 8.59. The molecule has 0 aliphatic carbocycles. The van der Waals surface area contributed by atoms with Crippen molar-refractivity contribution in [2.75, 3.05) is 20.8 Å². The summed E-state index contributed by atoms with van der Waals surface area (Å²) in [5, 5.41) is 4.62. The lowest BCUT2D eigenvalue weighted by molar-refractivity contribution is 0.203. The van der Waals surface area contributed by atoms with Gasteiger partial charge in [-0.25, -0.2) is 4.98 Å². The maximum atomic E-state index is 5.52. The second kappa shape index (κ2) is 6.84. The monoisotopic (exact) mass is 354 g/mol. The lowest BCUT2D eigenvalue weighted by atomic mass is 10.1. The third-order valence-electron chi connectivity index (χ3n) is 4.60. The van der Waals surface area contributed by atoms with Crippen molar-refractivity contribution in [2.24, 2.45) is 0 Å². The molecule has 136 valence electrons. The fourth-order valence-electron chi connectivity index (χ4n) is 3.26. The number of fused-ring (bicyclic) bond motifs is 1. The fraction of sp³-hybridized carbons (Fsp3) is 0.368. The van der Waals surface area contributed by atoms with Gasteiger partial charge in [-0.3, -0.25) is 9.58 Å². The number of rotatable bonds is 5. The van der Waals surface area contributed by atoms with Crippen LogP contribution in [0.3, 0.4) is 0 Å². The van der Waals surface area contributed by atoms with Crippen molar-refractivity contribution < 1.29 is 13.9 Å². The number of hydrogen-bond acceptors (Lipinski definition) is 6. The predicted molar refractivity (Wildman–Crippen MR) is 96.1 cm³/mol. The molecule has 0 unspecified atom stereocenters. The van der Waals surface area contributed by atoms with E-state index in [0.29, 0.717) is 5.89 Å². The van der Waals surface area contributed by atoms with E-state index in [1.807, 2.05) is 23.7 Å². The molecule has 7 nitrogen and oxygen atoms in total. The van der Waals surface area contributed by atoms with Crippen LogP contribution in [0.1, 0.15) is 17.0 Å². The van der Waals surface area contributed by atoms with Gasteiger partial charge < -0.3 is 13.9 Å². The van der Waals surface area contributed by atoms with Gasteiger partial charge in [0.25, 0.3) is 0 Å². The smallest absolute Gasteiger partial charge is 0.247 e. The lowest BCUT2D eigenvalue weighted by Gasteiger charge is -2.28. The molecular weight excluding hydrogens is 332 g/mol. The highest BCUT2D eigenvalue weighted by molar-refractivity contribution is 5.48. The Labute approximate surface area is 152 Å². The third kappa shape index (κ3) is 3.17. The molecule has 3 heterocycles. The number of ether oxygens (including phenoxy) is 2. The first kappa shape index (κ1) is 16.7. The zero-order valence-corrected chi connectivity index (χ0v) is 15.2. The Morgan fingerprint density at radius 1 is 1.15 bits per heavy atom. The summed E-state index contributed by atoms with van der Waals surface area (Å²) < 4.78 is 18.3. The van der Waals surface area contributed by atoms with Gasteiger partial charge in [-0.2, -0.15) is 5.10 Å². The topological polar surface area (TPSA) is 65.5 Å². The van der Waals surface area contributed by atoms with Crippen LogP contribution >= 0.6 is 0 Å². The molecule has 0 spiro atoms. The van der Waals surface area contributed by atoms with Crippen LogP contribution in [-0.2, 0) is 19.6 Å². The highest BCUT2D eigenvalue weighted by Gasteiger charge is 2.21. The second-order valence-electron chi connectivity index (χ2n) is 6.43. The van der Waals surface area contributed by atoms with Crippen LogP contribution in [0.25, 0.3) is 11.6 Å². The minimum atomic E-state index is 0.577. The molecule has 1 aromatic carbocycles. The van der Waals surface area contributed by atoms with E-state index in [-0.39, 0.29) is 0 Å². The normalized spacial score (nSPS) is 14.3. The van der Waals surface area contributed by atoms with Crippen molar-refractivity contribution in [1.29, 1.82) is 0 Å². The molecule has 0 bridgehead atoms. The Hall–Kier alpha value is -2.80. The molecule has 1 aliphatic heterocycles. The quantitative estimate of drug-likeness (QED) is 0.702. The van der Waals surface area contributed by atoms with Crippen molar-refractivity contribution in [2.45, 2.75) is 26.6 Å². The molecule has 26 heavy (non-hydrogen) atoms. The fourth-order valence-corrected chi connectivity index (χ4v) is 3.26. The number of benzene rings is 1. The van der Waals surface area contributed by atoms with Crippen LogP contribution in [0.15, 0.2) is 34.9 Å². The molecule has 3 aromatic rings. The molecule has 0 N–H and O–H groups in total. The van der Waals surface area contributed by atoms with Crippen molar-refractivity contribution in [3.8, 4) is 23.1 Å². The van der Waals surface area contributed by atoms with E-state index in [4.69, 9.17) is 13.9 Å². The number of oxazole rings is 1. The van der Waals surface area contributed by atoms with E-state index in [0.717, 1.165) is 60.3 Å². The highest BCUT2D eigenvalue weighted by Crippen LogP contribution is 2.28. The molecule has 1 aliphatic rings. The first-order valence-electron chi connectivity index (χ1n) is 8.59. The predicted octanol–water partition coefficient (Wildman–Crippen LogP) is 2.88. The standard InChI is InChI=1S/C19H22N4O3/c1-13-12-26-19(20-13)17-8-15-11-22(6-7-23(15)21-17)10-14-4-5-16(24-2)9-18(14)25-3/h4-5,8-9,12H,6-7,10-11H2,1-3H3.